The summed E-state index contributed by atoms with van der Waals surface area (Å²) in [6, 6.07) is 5.78. The number of pyridine rings is 1. The van der Waals surface area contributed by atoms with Gasteiger partial charge in [0.1, 0.15) is 0 Å². The first-order valence-corrected chi connectivity index (χ1v) is 9.71. The van der Waals surface area contributed by atoms with E-state index < -0.39 is 0 Å². The van der Waals surface area contributed by atoms with Crippen molar-refractivity contribution in [2.45, 2.75) is 33.1 Å². The van der Waals surface area contributed by atoms with Crippen LogP contribution in [0.3, 0.4) is 0 Å². The van der Waals surface area contributed by atoms with E-state index in [2.05, 4.69) is 25.4 Å². The molecule has 2 N–H and O–H groups in total. The molecule has 1 fully saturated rings. The summed E-state index contributed by atoms with van der Waals surface area (Å²) < 4.78 is 5.48. The van der Waals surface area contributed by atoms with Crippen LogP contribution in [0.1, 0.15) is 31.9 Å². The van der Waals surface area contributed by atoms with Crippen molar-refractivity contribution in [2.24, 2.45) is 5.92 Å². The Bertz CT molecular complexity index is 720. The third-order valence-corrected chi connectivity index (χ3v) is 4.93. The topological polar surface area (TPSA) is 83.1 Å². The molecule has 0 spiro atoms. The molecule has 0 radical (unpaired) electrons. The number of nitrogens with one attached hydrogen (secondary N) is 2. The summed E-state index contributed by atoms with van der Waals surface area (Å²) in [6.45, 7) is 8.69. The average Bonchev–Trinajstić information content (AvgIpc) is 2.96. The zero-order chi connectivity index (χ0) is 19.1. The Morgan fingerprint density at radius 1 is 1.37 bits per heavy atom. The van der Waals surface area contributed by atoms with Crippen molar-refractivity contribution in [1.82, 2.24) is 20.1 Å². The van der Waals surface area contributed by atoms with Crippen molar-refractivity contribution < 1.29 is 9.53 Å². The normalized spacial score (nSPS) is 16.7. The van der Waals surface area contributed by atoms with Crippen molar-refractivity contribution in [3.8, 4) is 11.3 Å². The van der Waals surface area contributed by atoms with Gasteiger partial charge in [-0.05, 0) is 44.9 Å². The first kappa shape index (κ1) is 19.5. The summed E-state index contributed by atoms with van der Waals surface area (Å²) >= 11 is 0. The molecule has 0 aromatic carbocycles. The Balaban J connectivity index is 1.44. The Hall–Kier alpha value is -2.25. The van der Waals surface area contributed by atoms with Gasteiger partial charge in [-0.25, -0.2) is 0 Å². The summed E-state index contributed by atoms with van der Waals surface area (Å²) in [6.07, 6.45) is 4.76. The summed E-state index contributed by atoms with van der Waals surface area (Å²) in [5, 5.41) is 10.1. The van der Waals surface area contributed by atoms with Crippen LogP contribution in [-0.2, 0) is 9.53 Å². The quantitative estimate of drug-likeness (QED) is 0.782. The fourth-order valence-corrected chi connectivity index (χ4v) is 3.18. The van der Waals surface area contributed by atoms with Crippen molar-refractivity contribution in [2.75, 3.05) is 38.2 Å². The second kappa shape index (κ2) is 9.62. The summed E-state index contributed by atoms with van der Waals surface area (Å²) in [4.78, 5) is 19.1. The highest BCUT2D eigenvalue weighted by atomic mass is 16.5. The molecule has 3 heterocycles. The first-order chi connectivity index (χ1) is 13.1. The molecule has 0 aliphatic carbocycles. The van der Waals surface area contributed by atoms with Crippen LogP contribution in [0.2, 0.25) is 0 Å². The van der Waals surface area contributed by atoms with Crippen LogP contribution in [-0.4, -0.2) is 58.8 Å². The third-order valence-electron chi connectivity index (χ3n) is 4.93. The van der Waals surface area contributed by atoms with Crippen LogP contribution in [0, 0.1) is 12.8 Å². The maximum absolute atomic E-state index is 12.4. The maximum Gasteiger partial charge on any atom is 0.228 e. The zero-order valence-electron chi connectivity index (χ0n) is 16.2. The molecule has 146 valence electrons. The van der Waals surface area contributed by atoms with E-state index in [1.54, 1.807) is 6.20 Å². The van der Waals surface area contributed by atoms with Crippen LogP contribution in [0.15, 0.2) is 24.4 Å². The number of aromatic amines is 1. The minimum Gasteiger partial charge on any atom is -0.380 e. The van der Waals surface area contributed by atoms with Crippen molar-refractivity contribution in [3.63, 3.8) is 0 Å². The number of ether oxygens (including phenoxy) is 1. The largest absolute Gasteiger partial charge is 0.380 e. The van der Waals surface area contributed by atoms with Crippen LogP contribution in [0.25, 0.3) is 11.3 Å². The van der Waals surface area contributed by atoms with E-state index in [1.807, 2.05) is 32.0 Å². The number of amides is 1. The Morgan fingerprint density at radius 2 is 2.26 bits per heavy atom. The molecule has 7 nitrogen and oxygen atoms in total. The van der Waals surface area contributed by atoms with E-state index >= 15 is 0 Å². The Kier molecular flexibility index (Phi) is 6.95. The van der Waals surface area contributed by atoms with E-state index in [0.717, 1.165) is 69.1 Å². The molecule has 27 heavy (non-hydrogen) atoms. The third kappa shape index (κ3) is 5.87. The number of hydrogen-bond donors (Lipinski definition) is 2. The highest BCUT2D eigenvalue weighted by Gasteiger charge is 2.16. The van der Waals surface area contributed by atoms with E-state index in [4.69, 9.17) is 4.74 Å². The van der Waals surface area contributed by atoms with Gasteiger partial charge >= 0.3 is 0 Å². The van der Waals surface area contributed by atoms with Crippen LogP contribution >= 0.6 is 0 Å². The zero-order valence-corrected chi connectivity index (χ0v) is 16.2. The van der Waals surface area contributed by atoms with E-state index in [-0.39, 0.29) is 11.8 Å². The van der Waals surface area contributed by atoms with Gasteiger partial charge in [-0.1, -0.05) is 6.92 Å². The number of aromatic nitrogens is 3. The Morgan fingerprint density at radius 3 is 3.07 bits per heavy atom. The van der Waals surface area contributed by atoms with Gasteiger partial charge in [-0.15, -0.1) is 0 Å². The molecule has 7 heteroatoms. The van der Waals surface area contributed by atoms with Crippen molar-refractivity contribution in [3.05, 3.63) is 30.1 Å². The predicted octanol–water partition coefficient (Wildman–Crippen LogP) is 2.86. The minimum absolute atomic E-state index is 0.00859. The highest BCUT2D eigenvalue weighted by Crippen LogP contribution is 2.20. The predicted molar refractivity (Wildman–Crippen MR) is 105 cm³/mol. The lowest BCUT2D eigenvalue weighted by Gasteiger charge is -2.19. The number of anilines is 1. The van der Waals surface area contributed by atoms with Gasteiger partial charge in [0.05, 0.1) is 12.3 Å². The molecule has 1 atom stereocenters. The number of rotatable bonds is 7. The van der Waals surface area contributed by atoms with Gasteiger partial charge in [0.15, 0.2) is 5.82 Å². The number of carbonyl (C=O) groups is 1. The van der Waals surface area contributed by atoms with Gasteiger partial charge in [-0.3, -0.25) is 14.9 Å². The number of carbonyl (C=O) groups excluding carboxylic acids is 1. The molecule has 1 saturated heterocycles. The lowest BCUT2D eigenvalue weighted by molar-refractivity contribution is -0.119. The molecule has 1 aliphatic rings. The van der Waals surface area contributed by atoms with Gasteiger partial charge in [-0.2, -0.15) is 5.10 Å². The molecule has 0 saturated carbocycles. The second-order valence-corrected chi connectivity index (χ2v) is 7.20. The first-order valence-electron chi connectivity index (χ1n) is 9.71. The SMILES string of the molecule is Cc1ccc(-c2cc(NC(=O)C(C)CCCN3CCCOCC3)n[nH]2)cn1. The molecular weight excluding hydrogens is 342 g/mol. The molecule has 3 rings (SSSR count). The maximum atomic E-state index is 12.4. The number of H-pyrrole nitrogens is 1. The van der Waals surface area contributed by atoms with Gasteiger partial charge in [0.2, 0.25) is 5.91 Å². The second-order valence-electron chi connectivity index (χ2n) is 7.20. The van der Waals surface area contributed by atoms with E-state index in [1.165, 1.54) is 0 Å². The summed E-state index contributed by atoms with van der Waals surface area (Å²) in [5.74, 6) is 0.510. The lowest BCUT2D eigenvalue weighted by Crippen LogP contribution is -2.28. The monoisotopic (exact) mass is 371 g/mol. The van der Waals surface area contributed by atoms with Crippen molar-refractivity contribution in [1.29, 1.82) is 0 Å². The molecule has 1 amide bonds. The molecule has 1 unspecified atom stereocenters. The van der Waals surface area contributed by atoms with Crippen molar-refractivity contribution >= 4 is 11.7 Å². The van der Waals surface area contributed by atoms with Crippen LogP contribution < -0.4 is 5.32 Å². The van der Waals surface area contributed by atoms with E-state index in [0.29, 0.717) is 5.82 Å². The van der Waals surface area contributed by atoms with Gasteiger partial charge < -0.3 is 15.0 Å². The molecular formula is C20H29N5O2. The Labute approximate surface area is 160 Å². The van der Waals surface area contributed by atoms with Crippen LogP contribution in [0.4, 0.5) is 5.82 Å². The lowest BCUT2D eigenvalue weighted by atomic mass is 10.0. The average molecular weight is 371 g/mol. The number of aryl methyl sites for hydroxylation is 1. The van der Waals surface area contributed by atoms with E-state index in [9.17, 15) is 4.79 Å². The molecule has 0 bridgehead atoms. The van der Waals surface area contributed by atoms with Crippen LogP contribution in [0.5, 0.6) is 0 Å². The standard InChI is InChI=1S/C20H29N5O2/c1-15(5-3-8-25-9-4-11-27-12-10-25)20(26)22-19-13-18(23-24-19)17-7-6-16(2)21-14-17/h6-7,13-15H,3-5,8-12H2,1-2H3,(H2,22,23,24,26). The fraction of sp³-hybridized carbons (Fsp3) is 0.550. The summed E-state index contributed by atoms with van der Waals surface area (Å²) in [7, 11) is 0. The van der Waals surface area contributed by atoms with Gasteiger partial charge in [0.25, 0.3) is 0 Å². The van der Waals surface area contributed by atoms with Gasteiger partial charge in [0, 0.05) is 49.1 Å². The highest BCUT2D eigenvalue weighted by molar-refractivity contribution is 5.91. The minimum atomic E-state index is -0.0468. The number of nitrogens with zero attached hydrogens (tertiary/aromatic N) is 3. The molecule has 2 aromatic heterocycles. The molecule has 2 aromatic rings. The number of hydrogen-bond acceptors (Lipinski definition) is 5. The summed E-state index contributed by atoms with van der Waals surface area (Å²) in [5.41, 5.74) is 2.75. The smallest absolute Gasteiger partial charge is 0.228 e. The fourth-order valence-electron chi connectivity index (χ4n) is 3.18. The molecule has 1 aliphatic heterocycles.